The fourth-order valence-electron chi connectivity index (χ4n) is 1.95. The molecule has 0 aromatic carbocycles. The van der Waals surface area contributed by atoms with Crippen molar-refractivity contribution in [2.75, 3.05) is 60.1 Å². The minimum atomic E-state index is 0.145. The van der Waals surface area contributed by atoms with E-state index in [4.69, 9.17) is 15.2 Å². The monoisotopic (exact) mass is 272 g/mol. The summed E-state index contributed by atoms with van der Waals surface area (Å²) < 4.78 is 11.0. The third-order valence-electron chi connectivity index (χ3n) is 3.09. The van der Waals surface area contributed by atoms with Crippen molar-refractivity contribution < 1.29 is 9.47 Å². The van der Waals surface area contributed by atoms with Gasteiger partial charge >= 0.3 is 0 Å². The molecule has 6 heteroatoms. The van der Waals surface area contributed by atoms with Crippen LogP contribution in [0.1, 0.15) is 13.3 Å². The Balaban J connectivity index is 2.38. The lowest BCUT2D eigenvalue weighted by Gasteiger charge is -2.28. The molecule has 1 aliphatic rings. The van der Waals surface area contributed by atoms with Gasteiger partial charge in [-0.3, -0.25) is 4.99 Å². The van der Waals surface area contributed by atoms with E-state index >= 15 is 0 Å². The van der Waals surface area contributed by atoms with E-state index in [0.29, 0.717) is 19.1 Å². The smallest absolute Gasteiger partial charge is 0.191 e. The molecule has 1 saturated heterocycles. The van der Waals surface area contributed by atoms with Gasteiger partial charge in [-0.05, 0) is 27.4 Å². The number of guanidine groups is 1. The summed E-state index contributed by atoms with van der Waals surface area (Å²) in [5.74, 6) is 0.609. The first-order chi connectivity index (χ1) is 9.13. The van der Waals surface area contributed by atoms with Crippen LogP contribution in [0.2, 0.25) is 0 Å². The molecule has 1 rings (SSSR count). The SMILES string of the molecule is CCOC(CCN(C)C)CN=C(N)N1CCOCC1. The van der Waals surface area contributed by atoms with E-state index in [1.54, 1.807) is 0 Å². The van der Waals surface area contributed by atoms with Gasteiger partial charge in [-0.15, -0.1) is 0 Å². The van der Waals surface area contributed by atoms with E-state index < -0.39 is 0 Å². The Hall–Kier alpha value is -0.850. The third kappa shape index (κ3) is 6.75. The maximum atomic E-state index is 6.00. The van der Waals surface area contributed by atoms with Crippen molar-refractivity contribution in [2.45, 2.75) is 19.4 Å². The normalized spacial score (nSPS) is 18.9. The standard InChI is InChI=1S/C13H28N4O2/c1-4-19-12(5-6-16(2)3)11-15-13(14)17-7-9-18-10-8-17/h12H,4-11H2,1-3H3,(H2,14,15). The Kier molecular flexibility index (Phi) is 7.78. The highest BCUT2D eigenvalue weighted by atomic mass is 16.5. The molecule has 6 nitrogen and oxygen atoms in total. The number of hydrogen-bond acceptors (Lipinski definition) is 4. The third-order valence-corrected chi connectivity index (χ3v) is 3.09. The minimum Gasteiger partial charge on any atom is -0.378 e. The van der Waals surface area contributed by atoms with Crippen molar-refractivity contribution in [1.82, 2.24) is 9.80 Å². The van der Waals surface area contributed by atoms with Crippen LogP contribution < -0.4 is 5.73 Å². The number of hydrogen-bond donors (Lipinski definition) is 1. The average Bonchev–Trinajstić information content (AvgIpc) is 2.42. The van der Waals surface area contributed by atoms with Crippen molar-refractivity contribution in [2.24, 2.45) is 10.7 Å². The number of morpholine rings is 1. The molecular weight excluding hydrogens is 244 g/mol. The molecule has 0 aliphatic carbocycles. The molecule has 0 bridgehead atoms. The number of rotatable bonds is 7. The van der Waals surface area contributed by atoms with Crippen LogP contribution in [0.15, 0.2) is 4.99 Å². The van der Waals surface area contributed by atoms with Crippen LogP contribution in [0.5, 0.6) is 0 Å². The summed E-state index contributed by atoms with van der Waals surface area (Å²) in [6.07, 6.45) is 1.12. The van der Waals surface area contributed by atoms with Crippen LogP contribution in [0, 0.1) is 0 Å². The molecule has 112 valence electrons. The fourth-order valence-corrected chi connectivity index (χ4v) is 1.95. The molecule has 1 atom stereocenters. The van der Waals surface area contributed by atoms with Gasteiger partial charge in [0.05, 0.1) is 25.9 Å². The highest BCUT2D eigenvalue weighted by Gasteiger charge is 2.13. The fraction of sp³-hybridized carbons (Fsp3) is 0.923. The van der Waals surface area contributed by atoms with E-state index in [0.717, 1.165) is 39.3 Å². The van der Waals surface area contributed by atoms with Crippen LogP contribution in [0.4, 0.5) is 0 Å². The Morgan fingerprint density at radius 2 is 2.11 bits per heavy atom. The summed E-state index contributed by atoms with van der Waals surface area (Å²) in [4.78, 5) is 8.69. The lowest BCUT2D eigenvalue weighted by molar-refractivity contribution is 0.0564. The maximum absolute atomic E-state index is 6.00. The molecule has 1 aliphatic heterocycles. The van der Waals surface area contributed by atoms with Gasteiger partial charge in [-0.1, -0.05) is 0 Å². The first-order valence-electron chi connectivity index (χ1n) is 7.02. The molecule has 0 saturated carbocycles. The summed E-state index contributed by atoms with van der Waals surface area (Å²) >= 11 is 0. The number of aliphatic imine (C=N–C) groups is 1. The zero-order valence-corrected chi connectivity index (χ0v) is 12.5. The largest absolute Gasteiger partial charge is 0.378 e. The average molecular weight is 272 g/mol. The van der Waals surface area contributed by atoms with Crippen molar-refractivity contribution in [1.29, 1.82) is 0 Å². The minimum absolute atomic E-state index is 0.145. The predicted molar refractivity (Wildman–Crippen MR) is 77.5 cm³/mol. The highest BCUT2D eigenvalue weighted by molar-refractivity contribution is 5.78. The quantitative estimate of drug-likeness (QED) is 0.522. The van der Waals surface area contributed by atoms with Crippen molar-refractivity contribution in [3.8, 4) is 0 Å². The topological polar surface area (TPSA) is 63.3 Å². The van der Waals surface area contributed by atoms with Gasteiger partial charge in [0.1, 0.15) is 0 Å². The van der Waals surface area contributed by atoms with E-state index in [-0.39, 0.29) is 6.10 Å². The molecule has 0 radical (unpaired) electrons. The van der Waals surface area contributed by atoms with E-state index in [2.05, 4.69) is 28.9 Å². The number of ether oxygens (including phenoxy) is 2. The van der Waals surface area contributed by atoms with Crippen LogP contribution in [0.25, 0.3) is 0 Å². The summed E-state index contributed by atoms with van der Waals surface area (Å²) in [7, 11) is 4.13. The second kappa shape index (κ2) is 9.12. The molecule has 1 heterocycles. The lowest BCUT2D eigenvalue weighted by atomic mass is 10.2. The molecule has 2 N–H and O–H groups in total. The van der Waals surface area contributed by atoms with Gasteiger partial charge in [-0.2, -0.15) is 0 Å². The molecule has 1 fully saturated rings. The molecule has 0 aromatic rings. The van der Waals surface area contributed by atoms with E-state index in [9.17, 15) is 0 Å². The molecule has 0 spiro atoms. The summed E-state index contributed by atoms with van der Waals surface area (Å²) in [6, 6.07) is 0. The maximum Gasteiger partial charge on any atom is 0.191 e. The predicted octanol–water partition coefficient (Wildman–Crippen LogP) is -0.00990. The first-order valence-corrected chi connectivity index (χ1v) is 7.02. The molecular formula is C13H28N4O2. The van der Waals surface area contributed by atoms with Gasteiger partial charge in [0.2, 0.25) is 0 Å². The van der Waals surface area contributed by atoms with E-state index in [1.807, 2.05) is 6.92 Å². The lowest BCUT2D eigenvalue weighted by Crippen LogP contribution is -2.45. The van der Waals surface area contributed by atoms with Gasteiger partial charge < -0.3 is 25.0 Å². The van der Waals surface area contributed by atoms with Gasteiger partial charge in [0, 0.05) is 26.2 Å². The number of nitrogens with two attached hydrogens (primary N) is 1. The van der Waals surface area contributed by atoms with Crippen LogP contribution >= 0.6 is 0 Å². The summed E-state index contributed by atoms with van der Waals surface area (Å²) in [5.41, 5.74) is 6.00. The van der Waals surface area contributed by atoms with Gasteiger partial charge in [0.15, 0.2) is 5.96 Å². The van der Waals surface area contributed by atoms with Crippen molar-refractivity contribution >= 4 is 5.96 Å². The molecule has 1 unspecified atom stereocenters. The molecule has 0 aromatic heterocycles. The Morgan fingerprint density at radius 3 is 2.68 bits per heavy atom. The van der Waals surface area contributed by atoms with Crippen molar-refractivity contribution in [3.05, 3.63) is 0 Å². The summed E-state index contributed by atoms with van der Waals surface area (Å²) in [5, 5.41) is 0. The van der Waals surface area contributed by atoms with Gasteiger partial charge in [0.25, 0.3) is 0 Å². The van der Waals surface area contributed by atoms with E-state index in [1.165, 1.54) is 0 Å². The second-order valence-corrected chi connectivity index (χ2v) is 4.97. The van der Waals surface area contributed by atoms with Crippen molar-refractivity contribution in [3.63, 3.8) is 0 Å². The number of nitrogens with zero attached hydrogens (tertiary/aromatic N) is 3. The zero-order chi connectivity index (χ0) is 14.1. The first kappa shape index (κ1) is 16.2. The Morgan fingerprint density at radius 1 is 1.42 bits per heavy atom. The molecule has 0 amide bonds. The summed E-state index contributed by atoms with van der Waals surface area (Å²) in [6.45, 7) is 7.46. The van der Waals surface area contributed by atoms with Gasteiger partial charge in [-0.25, -0.2) is 0 Å². The Labute approximate surface area is 116 Å². The van der Waals surface area contributed by atoms with Crippen LogP contribution in [-0.2, 0) is 9.47 Å². The highest BCUT2D eigenvalue weighted by Crippen LogP contribution is 2.02. The second-order valence-electron chi connectivity index (χ2n) is 4.97. The van der Waals surface area contributed by atoms with Crippen LogP contribution in [-0.4, -0.2) is 82.0 Å². The molecule has 19 heavy (non-hydrogen) atoms. The zero-order valence-electron chi connectivity index (χ0n) is 12.5. The van der Waals surface area contributed by atoms with Crippen LogP contribution in [0.3, 0.4) is 0 Å². The Bertz CT molecular complexity index is 265.